The van der Waals surface area contributed by atoms with Gasteiger partial charge in [0.2, 0.25) is 17.7 Å². The first kappa shape index (κ1) is 32.1. The molecule has 0 radical (unpaired) electrons. The molecule has 3 atom stereocenters. The molecule has 11 N–H and O–H groups in total. The van der Waals surface area contributed by atoms with Crippen LogP contribution in [0.1, 0.15) is 73.1 Å². The Morgan fingerprint density at radius 1 is 0.905 bits per heavy atom. The lowest BCUT2D eigenvalue weighted by molar-refractivity contribution is -0.133. The smallest absolute Gasteiger partial charge is 0.243 e. The van der Waals surface area contributed by atoms with Gasteiger partial charge in [0, 0.05) is 12.1 Å². The van der Waals surface area contributed by atoms with Crippen LogP contribution in [0.4, 0.5) is 0 Å². The fraction of sp³-hybridized carbons (Fsp3) is 0.452. The van der Waals surface area contributed by atoms with Crippen molar-refractivity contribution < 1.29 is 14.4 Å². The van der Waals surface area contributed by atoms with E-state index in [9.17, 15) is 14.4 Å². The van der Waals surface area contributed by atoms with E-state index in [0.717, 1.165) is 48.8 Å². The maximum atomic E-state index is 14.0. The predicted octanol–water partition coefficient (Wildman–Crippen LogP) is 1.69. The molecule has 0 aromatic heterocycles. The number of hydrogen-bond acceptors (Lipinski definition) is 5. The molecule has 3 amide bonds. The van der Waals surface area contributed by atoms with Crippen molar-refractivity contribution in [3.8, 4) is 0 Å². The minimum atomic E-state index is -0.914. The van der Waals surface area contributed by atoms with Crippen molar-refractivity contribution in [2.75, 3.05) is 6.54 Å². The lowest BCUT2D eigenvalue weighted by Gasteiger charge is -2.32. The third-order valence-corrected chi connectivity index (χ3v) is 7.81. The Balaban J connectivity index is 1.84. The molecule has 0 heterocycles. The molecule has 0 spiro atoms. The average Bonchev–Trinajstić information content (AvgIpc) is 2.97. The van der Waals surface area contributed by atoms with Crippen LogP contribution in [-0.4, -0.2) is 48.1 Å². The second-order valence-electron chi connectivity index (χ2n) is 11.1. The van der Waals surface area contributed by atoms with Gasteiger partial charge < -0.3 is 33.6 Å². The first-order valence-corrected chi connectivity index (χ1v) is 14.5. The Labute approximate surface area is 247 Å². The van der Waals surface area contributed by atoms with Crippen molar-refractivity contribution in [2.45, 2.75) is 76.3 Å². The molecule has 1 saturated carbocycles. The summed E-state index contributed by atoms with van der Waals surface area (Å²) in [5.41, 5.74) is 25.4. The highest BCUT2D eigenvalue weighted by atomic mass is 16.2. The van der Waals surface area contributed by atoms with E-state index in [0.29, 0.717) is 24.9 Å². The van der Waals surface area contributed by atoms with Gasteiger partial charge in [-0.25, -0.2) is 0 Å². The van der Waals surface area contributed by atoms with Crippen LogP contribution in [0.2, 0.25) is 0 Å². The van der Waals surface area contributed by atoms with Gasteiger partial charge in [0.15, 0.2) is 5.96 Å². The molecule has 1 fully saturated rings. The molecular formula is C31H44N8O3. The zero-order chi connectivity index (χ0) is 30.6. The number of benzene rings is 2. The van der Waals surface area contributed by atoms with Gasteiger partial charge in [0.05, 0.1) is 5.92 Å². The van der Waals surface area contributed by atoms with E-state index in [2.05, 4.69) is 15.6 Å². The molecule has 2 aromatic rings. The van der Waals surface area contributed by atoms with Crippen molar-refractivity contribution in [3.05, 3.63) is 70.8 Å². The number of guanidine groups is 1. The first-order chi connectivity index (χ1) is 20.0. The highest BCUT2D eigenvalue weighted by Crippen LogP contribution is 2.28. The Bertz CT molecular complexity index is 1250. The van der Waals surface area contributed by atoms with Crippen LogP contribution in [0.3, 0.4) is 0 Å². The third-order valence-electron chi connectivity index (χ3n) is 7.81. The SMILES string of the molecule is Cc1ccc(C(Cc2ccc(C(=N)N)cc2)C(=O)N[C@H](C(=O)N[C@@H](CCCN=C(N)N)C(N)=O)C2CCCCC2)cc1. The summed E-state index contributed by atoms with van der Waals surface area (Å²) in [5, 5.41) is 13.5. The van der Waals surface area contributed by atoms with Crippen LogP contribution in [0.15, 0.2) is 53.5 Å². The maximum absolute atomic E-state index is 14.0. The first-order valence-electron chi connectivity index (χ1n) is 14.5. The molecule has 0 aliphatic heterocycles. The van der Waals surface area contributed by atoms with Crippen LogP contribution < -0.4 is 33.6 Å². The van der Waals surface area contributed by atoms with Gasteiger partial charge in [0.1, 0.15) is 17.9 Å². The van der Waals surface area contributed by atoms with E-state index in [1.165, 1.54) is 0 Å². The van der Waals surface area contributed by atoms with Gasteiger partial charge >= 0.3 is 0 Å². The molecule has 2 aromatic carbocycles. The number of rotatable bonds is 14. The van der Waals surface area contributed by atoms with Gasteiger partial charge in [-0.05, 0) is 56.1 Å². The molecule has 0 saturated heterocycles. The minimum absolute atomic E-state index is 0.0267. The van der Waals surface area contributed by atoms with Crippen molar-refractivity contribution in [2.24, 2.45) is 33.8 Å². The van der Waals surface area contributed by atoms with Crippen molar-refractivity contribution in [1.29, 1.82) is 5.41 Å². The van der Waals surface area contributed by atoms with Crippen molar-refractivity contribution in [1.82, 2.24) is 10.6 Å². The number of amidine groups is 1. The molecule has 226 valence electrons. The third kappa shape index (κ3) is 9.60. The van der Waals surface area contributed by atoms with Crippen LogP contribution in [0.25, 0.3) is 0 Å². The second-order valence-corrected chi connectivity index (χ2v) is 11.1. The van der Waals surface area contributed by atoms with E-state index >= 15 is 0 Å². The Kier molecular flexibility index (Phi) is 11.9. The normalized spacial score (nSPS) is 15.5. The standard InChI is InChI=1S/C31H44N8O3/c1-19-9-13-21(14-10-19)24(18-20-11-15-23(16-12-20)27(32)33)29(41)39-26(22-6-3-2-4-7-22)30(42)38-25(28(34)40)8-5-17-37-31(35)36/h9-16,22,24-26H,2-8,17-18H2,1H3,(H3,32,33)(H2,34,40)(H,38,42)(H,39,41)(H4,35,36,37)/t24?,25-,26-/m0/s1. The van der Waals surface area contributed by atoms with E-state index in [1.807, 2.05) is 43.3 Å². The number of aryl methyl sites for hydroxylation is 1. The minimum Gasteiger partial charge on any atom is -0.384 e. The van der Waals surface area contributed by atoms with Gasteiger partial charge in [-0.1, -0.05) is 73.4 Å². The summed E-state index contributed by atoms with van der Waals surface area (Å²) in [6.45, 7) is 2.28. The number of carbonyl (C=O) groups is 3. The van der Waals surface area contributed by atoms with Gasteiger partial charge in [-0.15, -0.1) is 0 Å². The maximum Gasteiger partial charge on any atom is 0.243 e. The van der Waals surface area contributed by atoms with Crippen LogP contribution in [-0.2, 0) is 20.8 Å². The zero-order valence-electron chi connectivity index (χ0n) is 24.3. The molecule has 1 aliphatic rings. The largest absolute Gasteiger partial charge is 0.384 e. The lowest BCUT2D eigenvalue weighted by atomic mass is 9.82. The fourth-order valence-electron chi connectivity index (χ4n) is 5.39. The number of primary amides is 1. The van der Waals surface area contributed by atoms with E-state index < -0.39 is 29.8 Å². The number of aliphatic imine (C=N–C) groups is 1. The van der Waals surface area contributed by atoms with Crippen LogP contribution in [0.5, 0.6) is 0 Å². The van der Waals surface area contributed by atoms with Crippen molar-refractivity contribution in [3.63, 3.8) is 0 Å². The summed E-state index contributed by atoms with van der Waals surface area (Å²) in [5.74, 6) is -2.06. The summed E-state index contributed by atoms with van der Waals surface area (Å²) in [4.78, 5) is 43.8. The van der Waals surface area contributed by atoms with Crippen LogP contribution in [0, 0.1) is 18.3 Å². The highest BCUT2D eigenvalue weighted by molar-refractivity contribution is 5.95. The number of nitrogens with one attached hydrogen (secondary N) is 3. The van der Waals surface area contributed by atoms with Gasteiger partial charge in [0.25, 0.3) is 0 Å². The summed E-state index contributed by atoms with van der Waals surface area (Å²) < 4.78 is 0. The Hall–Kier alpha value is -4.41. The predicted molar refractivity (Wildman–Crippen MR) is 165 cm³/mol. The average molecular weight is 577 g/mol. The second kappa shape index (κ2) is 15.6. The fourth-order valence-corrected chi connectivity index (χ4v) is 5.39. The molecule has 3 rings (SSSR count). The number of nitrogen functional groups attached to an aromatic ring is 1. The zero-order valence-corrected chi connectivity index (χ0v) is 24.3. The summed E-state index contributed by atoms with van der Waals surface area (Å²) in [6.07, 6.45) is 5.71. The topological polar surface area (TPSA) is 216 Å². The van der Waals surface area contributed by atoms with Crippen LogP contribution >= 0.6 is 0 Å². The molecule has 42 heavy (non-hydrogen) atoms. The van der Waals surface area contributed by atoms with E-state index in [-0.39, 0.29) is 30.0 Å². The van der Waals surface area contributed by atoms with Gasteiger partial charge in [-0.2, -0.15) is 0 Å². The monoisotopic (exact) mass is 576 g/mol. The van der Waals surface area contributed by atoms with Gasteiger partial charge in [-0.3, -0.25) is 24.8 Å². The molecular weight excluding hydrogens is 532 g/mol. The van der Waals surface area contributed by atoms with E-state index in [4.69, 9.17) is 28.3 Å². The lowest BCUT2D eigenvalue weighted by Crippen LogP contribution is -2.56. The summed E-state index contributed by atoms with van der Waals surface area (Å²) >= 11 is 0. The molecule has 1 unspecified atom stereocenters. The number of carbonyl (C=O) groups excluding carboxylic acids is 3. The summed E-state index contributed by atoms with van der Waals surface area (Å²) in [6, 6.07) is 13.3. The summed E-state index contributed by atoms with van der Waals surface area (Å²) in [7, 11) is 0. The quantitative estimate of drug-likeness (QED) is 0.101. The molecule has 1 aliphatic carbocycles. The number of hydrogen-bond donors (Lipinski definition) is 7. The van der Waals surface area contributed by atoms with Crippen molar-refractivity contribution >= 4 is 29.5 Å². The highest BCUT2D eigenvalue weighted by Gasteiger charge is 2.35. The number of nitrogens with two attached hydrogens (primary N) is 4. The number of nitrogens with zero attached hydrogens (tertiary/aromatic N) is 1. The molecule has 0 bridgehead atoms. The Morgan fingerprint density at radius 2 is 1.55 bits per heavy atom. The van der Waals surface area contributed by atoms with E-state index in [1.54, 1.807) is 12.1 Å². The molecule has 11 heteroatoms. The number of amides is 3. The Morgan fingerprint density at radius 3 is 2.12 bits per heavy atom. The molecule has 11 nitrogen and oxygen atoms in total.